The van der Waals surface area contributed by atoms with Crippen LogP contribution in [-0.2, 0) is 0 Å². The van der Waals surface area contributed by atoms with Crippen molar-refractivity contribution in [2.75, 3.05) is 0 Å². The third-order valence-corrected chi connectivity index (χ3v) is 18.9. The summed E-state index contributed by atoms with van der Waals surface area (Å²) in [5, 5.41) is 0. The minimum absolute atomic E-state index is 0.976. The number of fused-ring (bicyclic) bond motifs is 5. The smallest absolute Gasteiger partial charge is 0.0541 e. The molecule has 0 aromatic rings. The van der Waals surface area contributed by atoms with Crippen molar-refractivity contribution in [3.05, 3.63) is 0 Å². The molecular weight excluding hydrogens is 400 g/mol. The van der Waals surface area contributed by atoms with Gasteiger partial charge in [0.05, 0.1) is 8.07 Å². The fourth-order valence-corrected chi connectivity index (χ4v) is 17.3. The van der Waals surface area contributed by atoms with Crippen molar-refractivity contribution >= 4 is 8.07 Å². The van der Waals surface area contributed by atoms with Crippen molar-refractivity contribution in [1.29, 1.82) is 0 Å². The highest BCUT2D eigenvalue weighted by Crippen LogP contribution is 2.67. The fourth-order valence-electron chi connectivity index (χ4n) is 12.0. The maximum Gasteiger partial charge on any atom is 0.0541 e. The van der Waals surface area contributed by atoms with Gasteiger partial charge in [-0.05, 0) is 115 Å². The van der Waals surface area contributed by atoms with Crippen LogP contribution in [0.4, 0.5) is 0 Å². The Balaban J connectivity index is 1.25. The zero-order chi connectivity index (χ0) is 22.0. The van der Waals surface area contributed by atoms with E-state index in [4.69, 9.17) is 0 Å². The molecule has 0 nitrogen and oxygen atoms in total. The first-order valence-corrected chi connectivity index (χ1v) is 18.6. The second-order valence-electron chi connectivity index (χ2n) is 14.8. The van der Waals surface area contributed by atoms with E-state index in [2.05, 4.69) is 26.9 Å². The molecule has 0 spiro atoms. The molecule has 32 heavy (non-hydrogen) atoms. The molecule has 12 atom stereocenters. The molecule has 0 aromatic heterocycles. The van der Waals surface area contributed by atoms with Gasteiger partial charge in [-0.2, -0.15) is 0 Å². The van der Waals surface area contributed by atoms with Gasteiger partial charge in [-0.1, -0.05) is 78.3 Å². The zero-order valence-electron chi connectivity index (χ0n) is 22.0. The van der Waals surface area contributed by atoms with Crippen LogP contribution in [0.5, 0.6) is 0 Å². The van der Waals surface area contributed by atoms with Crippen LogP contribution < -0.4 is 0 Å². The Morgan fingerprint density at radius 2 is 1.28 bits per heavy atom. The van der Waals surface area contributed by atoms with E-state index in [1.54, 1.807) is 89.9 Å². The van der Waals surface area contributed by atoms with Gasteiger partial charge in [0.2, 0.25) is 0 Å². The molecule has 12 unspecified atom stereocenters. The third kappa shape index (κ3) is 3.55. The average Bonchev–Trinajstić information content (AvgIpc) is 3.53. The standard InChI is InChI=1S/C31H54Si/c1-5-20(2)27-19-31(29-18-23-11-8-10-22(23)17-28(27)29)32(3,4)30-16-15-25-24-12-7-6-9-21(24)13-14-26(25)30/h20-31H,5-19H2,1-4H3. The van der Waals surface area contributed by atoms with Crippen LogP contribution in [0, 0.1) is 59.2 Å². The molecule has 6 rings (SSSR count). The summed E-state index contributed by atoms with van der Waals surface area (Å²) in [5.74, 6) is 11.2. The van der Waals surface area contributed by atoms with Crippen molar-refractivity contribution in [1.82, 2.24) is 0 Å². The molecule has 0 amide bonds. The van der Waals surface area contributed by atoms with Gasteiger partial charge in [0.25, 0.3) is 0 Å². The summed E-state index contributed by atoms with van der Waals surface area (Å²) in [6.45, 7) is 11.0. The van der Waals surface area contributed by atoms with E-state index in [1.165, 1.54) is 17.5 Å². The van der Waals surface area contributed by atoms with Gasteiger partial charge in [-0.25, -0.2) is 0 Å². The minimum atomic E-state index is -1.25. The summed E-state index contributed by atoms with van der Waals surface area (Å²) in [6, 6.07) is 0. The molecule has 0 radical (unpaired) electrons. The monoisotopic (exact) mass is 454 g/mol. The lowest BCUT2D eigenvalue weighted by Crippen LogP contribution is -2.45. The predicted molar refractivity (Wildman–Crippen MR) is 140 cm³/mol. The topological polar surface area (TPSA) is 0 Å². The van der Waals surface area contributed by atoms with Crippen molar-refractivity contribution in [2.45, 2.75) is 134 Å². The van der Waals surface area contributed by atoms with Gasteiger partial charge in [-0.15, -0.1) is 0 Å². The Hall–Kier alpha value is 0.217. The maximum atomic E-state index is 2.94. The van der Waals surface area contributed by atoms with Gasteiger partial charge in [0, 0.05) is 0 Å². The van der Waals surface area contributed by atoms with E-state index in [0.29, 0.717) is 0 Å². The van der Waals surface area contributed by atoms with Crippen LogP contribution >= 0.6 is 0 Å². The molecule has 0 N–H and O–H groups in total. The molecule has 6 aliphatic rings. The summed E-state index contributed by atoms with van der Waals surface area (Å²) in [5.41, 5.74) is 2.35. The van der Waals surface area contributed by atoms with Crippen molar-refractivity contribution in [2.24, 2.45) is 59.2 Å². The summed E-state index contributed by atoms with van der Waals surface area (Å²) < 4.78 is 0. The molecule has 0 aliphatic heterocycles. The Labute approximate surface area is 201 Å². The van der Waals surface area contributed by atoms with Crippen molar-refractivity contribution in [3.8, 4) is 0 Å². The summed E-state index contributed by atoms with van der Waals surface area (Å²) in [6.07, 6.45) is 23.9. The summed E-state index contributed by atoms with van der Waals surface area (Å²) in [7, 11) is -1.25. The molecule has 0 heterocycles. The number of hydrogen-bond acceptors (Lipinski definition) is 0. The van der Waals surface area contributed by atoms with Crippen molar-refractivity contribution in [3.63, 3.8) is 0 Å². The number of rotatable bonds is 4. The van der Waals surface area contributed by atoms with Crippen LogP contribution in [-0.4, -0.2) is 8.07 Å². The van der Waals surface area contributed by atoms with E-state index in [0.717, 1.165) is 59.2 Å². The second-order valence-corrected chi connectivity index (χ2v) is 19.9. The zero-order valence-corrected chi connectivity index (χ0v) is 23.0. The maximum absolute atomic E-state index is 2.94. The van der Waals surface area contributed by atoms with Crippen molar-refractivity contribution < 1.29 is 0 Å². The quantitative estimate of drug-likeness (QED) is 0.371. The average molecular weight is 455 g/mol. The normalized spacial score (nSPS) is 51.6. The molecular formula is C31H54Si. The lowest BCUT2D eigenvalue weighted by molar-refractivity contribution is 0.0719. The molecule has 1 heteroatoms. The second kappa shape index (κ2) is 8.71. The van der Waals surface area contributed by atoms with E-state index >= 15 is 0 Å². The first kappa shape index (κ1) is 22.7. The van der Waals surface area contributed by atoms with Gasteiger partial charge in [0.15, 0.2) is 0 Å². The summed E-state index contributed by atoms with van der Waals surface area (Å²) >= 11 is 0. The van der Waals surface area contributed by atoms with Crippen LogP contribution in [0.2, 0.25) is 24.2 Å². The molecule has 0 saturated heterocycles. The van der Waals surface area contributed by atoms with Crippen LogP contribution in [0.25, 0.3) is 0 Å². The van der Waals surface area contributed by atoms with Crippen LogP contribution in [0.1, 0.15) is 110 Å². The lowest BCUT2D eigenvalue weighted by atomic mass is 9.62. The highest BCUT2D eigenvalue weighted by atomic mass is 28.3. The molecule has 6 aliphatic carbocycles. The van der Waals surface area contributed by atoms with E-state index in [1.807, 2.05) is 0 Å². The Kier molecular flexibility index (Phi) is 6.17. The van der Waals surface area contributed by atoms with E-state index in [9.17, 15) is 0 Å². The highest BCUT2D eigenvalue weighted by Gasteiger charge is 2.59. The first-order chi connectivity index (χ1) is 15.5. The van der Waals surface area contributed by atoms with Gasteiger partial charge >= 0.3 is 0 Å². The lowest BCUT2D eigenvalue weighted by Gasteiger charge is -2.49. The summed E-state index contributed by atoms with van der Waals surface area (Å²) in [4.78, 5) is 0. The Bertz CT molecular complexity index is 667. The van der Waals surface area contributed by atoms with E-state index in [-0.39, 0.29) is 0 Å². The van der Waals surface area contributed by atoms with Crippen LogP contribution in [0.3, 0.4) is 0 Å². The van der Waals surface area contributed by atoms with Gasteiger partial charge in [-0.3, -0.25) is 0 Å². The SMILES string of the molecule is CCC(C)C1CC([Si](C)(C)C2CCC3C4CCCCC4CCC32)C2CC3CCCC3CC12. The predicted octanol–water partition coefficient (Wildman–Crippen LogP) is 9.57. The molecule has 6 saturated carbocycles. The minimum Gasteiger partial charge on any atom is -0.0689 e. The molecule has 6 fully saturated rings. The Morgan fingerprint density at radius 1 is 0.594 bits per heavy atom. The number of hydrogen-bond donors (Lipinski definition) is 0. The third-order valence-electron chi connectivity index (χ3n) is 13.7. The largest absolute Gasteiger partial charge is 0.0689 e. The highest BCUT2D eigenvalue weighted by molar-refractivity contribution is 6.80. The van der Waals surface area contributed by atoms with Crippen LogP contribution in [0.15, 0.2) is 0 Å². The van der Waals surface area contributed by atoms with Gasteiger partial charge < -0.3 is 0 Å². The molecule has 0 bridgehead atoms. The molecule has 182 valence electrons. The fraction of sp³-hybridized carbons (Fsp3) is 1.00. The first-order valence-electron chi connectivity index (χ1n) is 15.5. The van der Waals surface area contributed by atoms with E-state index < -0.39 is 8.07 Å². The Morgan fingerprint density at radius 3 is 2.06 bits per heavy atom. The molecule has 0 aromatic carbocycles. The van der Waals surface area contributed by atoms with Gasteiger partial charge in [0.1, 0.15) is 0 Å².